The van der Waals surface area contributed by atoms with Gasteiger partial charge in [-0.3, -0.25) is 0 Å². The molecule has 2 atom stereocenters. The van der Waals surface area contributed by atoms with Gasteiger partial charge in [-0.05, 0) is 19.3 Å². The van der Waals surface area contributed by atoms with Crippen molar-refractivity contribution in [3.05, 3.63) is 11.4 Å². The Morgan fingerprint density at radius 3 is 2.67 bits per heavy atom. The van der Waals surface area contributed by atoms with Gasteiger partial charge in [0.15, 0.2) is 0 Å². The van der Waals surface area contributed by atoms with Crippen LogP contribution >= 0.6 is 0 Å². The summed E-state index contributed by atoms with van der Waals surface area (Å²) in [5, 5.41) is 3.42. The van der Waals surface area contributed by atoms with Crippen molar-refractivity contribution in [1.82, 2.24) is 9.97 Å². The first kappa shape index (κ1) is 10.2. The highest BCUT2D eigenvalue weighted by Crippen LogP contribution is 2.33. The smallest absolute Gasteiger partial charge is 0.134 e. The molecule has 3 N–H and O–H groups in total. The second kappa shape index (κ2) is 3.68. The number of hydrogen-bond acceptors (Lipinski definition) is 4. The molecular formula is C11H18N4. The molecule has 1 aromatic rings. The number of anilines is 2. The summed E-state index contributed by atoms with van der Waals surface area (Å²) in [4.78, 5) is 8.69. The molecule has 82 valence electrons. The van der Waals surface area contributed by atoms with E-state index in [1.807, 2.05) is 13.8 Å². The molecule has 1 saturated carbocycles. The molecule has 0 aromatic carbocycles. The van der Waals surface area contributed by atoms with Gasteiger partial charge in [-0.2, -0.15) is 0 Å². The van der Waals surface area contributed by atoms with Gasteiger partial charge in [0, 0.05) is 18.0 Å². The van der Waals surface area contributed by atoms with Gasteiger partial charge in [0.25, 0.3) is 0 Å². The van der Waals surface area contributed by atoms with Gasteiger partial charge < -0.3 is 11.1 Å². The van der Waals surface area contributed by atoms with Gasteiger partial charge in [-0.15, -0.1) is 0 Å². The Morgan fingerprint density at radius 2 is 2.13 bits per heavy atom. The quantitative estimate of drug-likeness (QED) is 0.790. The lowest BCUT2D eigenvalue weighted by Gasteiger charge is -2.10. The highest BCUT2D eigenvalue weighted by atomic mass is 15.1. The van der Waals surface area contributed by atoms with Crippen molar-refractivity contribution in [2.45, 2.75) is 39.7 Å². The zero-order valence-electron chi connectivity index (χ0n) is 9.54. The molecule has 0 radical (unpaired) electrons. The average Bonchev–Trinajstić information content (AvgIpc) is 2.89. The van der Waals surface area contributed by atoms with Crippen LogP contribution in [-0.4, -0.2) is 16.0 Å². The summed E-state index contributed by atoms with van der Waals surface area (Å²) in [5.41, 5.74) is 6.80. The topological polar surface area (TPSA) is 63.8 Å². The average molecular weight is 206 g/mol. The van der Waals surface area contributed by atoms with Crippen molar-refractivity contribution in [3.63, 3.8) is 0 Å². The van der Waals surface area contributed by atoms with Crippen LogP contribution in [-0.2, 0) is 6.42 Å². The fourth-order valence-corrected chi connectivity index (χ4v) is 1.58. The van der Waals surface area contributed by atoms with E-state index < -0.39 is 0 Å². The molecule has 2 rings (SSSR count). The van der Waals surface area contributed by atoms with Crippen LogP contribution in [0.15, 0.2) is 0 Å². The molecule has 1 aliphatic rings. The van der Waals surface area contributed by atoms with E-state index in [4.69, 9.17) is 5.73 Å². The van der Waals surface area contributed by atoms with Crippen LogP contribution in [0.4, 0.5) is 11.6 Å². The fourth-order valence-electron chi connectivity index (χ4n) is 1.58. The summed E-state index contributed by atoms with van der Waals surface area (Å²) in [6.45, 7) is 6.23. The molecular weight excluding hydrogens is 188 g/mol. The predicted molar refractivity (Wildman–Crippen MR) is 61.8 cm³/mol. The number of nitrogens with two attached hydrogens (primary N) is 1. The van der Waals surface area contributed by atoms with Crippen molar-refractivity contribution in [3.8, 4) is 0 Å². The number of nitrogens with zero attached hydrogens (tertiary/aromatic N) is 2. The molecule has 1 aromatic heterocycles. The van der Waals surface area contributed by atoms with Crippen LogP contribution < -0.4 is 11.1 Å². The van der Waals surface area contributed by atoms with Gasteiger partial charge in [0.1, 0.15) is 17.5 Å². The summed E-state index contributed by atoms with van der Waals surface area (Å²) in [5.74, 6) is 3.07. The van der Waals surface area contributed by atoms with E-state index in [1.54, 1.807) is 0 Å². The van der Waals surface area contributed by atoms with E-state index in [-0.39, 0.29) is 0 Å². The molecule has 15 heavy (non-hydrogen) atoms. The summed E-state index contributed by atoms with van der Waals surface area (Å²) in [6, 6.07) is 0.572. The van der Waals surface area contributed by atoms with Crippen molar-refractivity contribution in [1.29, 1.82) is 0 Å². The Kier molecular flexibility index (Phi) is 2.50. The lowest BCUT2D eigenvalue weighted by atomic mass is 10.3. The van der Waals surface area contributed by atoms with Crippen LogP contribution in [0.1, 0.15) is 31.7 Å². The Balaban J connectivity index is 2.24. The SMILES string of the molecule is CCc1nc(N)c(C)c(NC2CC2C)n1. The van der Waals surface area contributed by atoms with Crippen molar-refractivity contribution in [2.24, 2.45) is 5.92 Å². The first-order chi connectivity index (χ1) is 7.11. The third-order valence-corrected chi connectivity index (χ3v) is 2.98. The minimum absolute atomic E-state index is 0.572. The molecule has 0 saturated heterocycles. The molecule has 4 heteroatoms. The van der Waals surface area contributed by atoms with Gasteiger partial charge in [-0.1, -0.05) is 13.8 Å². The second-order valence-electron chi connectivity index (χ2n) is 4.32. The molecule has 0 bridgehead atoms. The van der Waals surface area contributed by atoms with Crippen LogP contribution in [0.5, 0.6) is 0 Å². The summed E-state index contributed by atoms with van der Waals surface area (Å²) >= 11 is 0. The van der Waals surface area contributed by atoms with E-state index in [9.17, 15) is 0 Å². The third kappa shape index (κ3) is 2.03. The van der Waals surface area contributed by atoms with E-state index in [0.717, 1.165) is 29.5 Å². The third-order valence-electron chi connectivity index (χ3n) is 2.98. The molecule has 1 aliphatic carbocycles. The first-order valence-electron chi connectivity index (χ1n) is 5.51. The highest BCUT2D eigenvalue weighted by Gasteiger charge is 2.33. The first-order valence-corrected chi connectivity index (χ1v) is 5.51. The molecule has 0 aliphatic heterocycles. The normalized spacial score (nSPS) is 23.9. The summed E-state index contributed by atoms with van der Waals surface area (Å²) in [6.07, 6.45) is 2.05. The minimum Gasteiger partial charge on any atom is -0.383 e. The zero-order valence-corrected chi connectivity index (χ0v) is 9.54. The Labute approximate surface area is 90.3 Å². The van der Waals surface area contributed by atoms with E-state index >= 15 is 0 Å². The molecule has 4 nitrogen and oxygen atoms in total. The highest BCUT2D eigenvalue weighted by molar-refractivity contribution is 5.55. The predicted octanol–water partition coefficient (Wildman–Crippen LogP) is 1.75. The molecule has 0 spiro atoms. The van der Waals surface area contributed by atoms with Crippen molar-refractivity contribution >= 4 is 11.6 Å². The lowest BCUT2D eigenvalue weighted by molar-refractivity contribution is 0.897. The minimum atomic E-state index is 0.572. The van der Waals surface area contributed by atoms with E-state index in [2.05, 4.69) is 22.2 Å². The molecule has 1 fully saturated rings. The Bertz CT molecular complexity index is 375. The van der Waals surface area contributed by atoms with Gasteiger partial charge in [0.05, 0.1) is 0 Å². The van der Waals surface area contributed by atoms with Crippen LogP contribution in [0.3, 0.4) is 0 Å². The number of aryl methyl sites for hydroxylation is 1. The Hall–Kier alpha value is -1.32. The van der Waals surface area contributed by atoms with Crippen LogP contribution in [0.25, 0.3) is 0 Å². The van der Waals surface area contributed by atoms with Gasteiger partial charge in [-0.25, -0.2) is 9.97 Å². The van der Waals surface area contributed by atoms with E-state index in [1.165, 1.54) is 6.42 Å². The fraction of sp³-hybridized carbons (Fsp3) is 0.636. The van der Waals surface area contributed by atoms with Crippen LogP contribution in [0.2, 0.25) is 0 Å². The number of hydrogen-bond donors (Lipinski definition) is 2. The maximum absolute atomic E-state index is 5.84. The maximum Gasteiger partial charge on any atom is 0.134 e. The number of nitrogen functional groups attached to an aromatic ring is 1. The largest absolute Gasteiger partial charge is 0.383 e. The molecule has 1 heterocycles. The van der Waals surface area contributed by atoms with Crippen molar-refractivity contribution < 1.29 is 0 Å². The summed E-state index contributed by atoms with van der Waals surface area (Å²) < 4.78 is 0. The Morgan fingerprint density at radius 1 is 1.47 bits per heavy atom. The van der Waals surface area contributed by atoms with Crippen molar-refractivity contribution in [2.75, 3.05) is 11.1 Å². The van der Waals surface area contributed by atoms with Gasteiger partial charge in [0.2, 0.25) is 0 Å². The lowest BCUT2D eigenvalue weighted by Crippen LogP contribution is -2.11. The zero-order chi connectivity index (χ0) is 11.0. The maximum atomic E-state index is 5.84. The number of aromatic nitrogens is 2. The molecule has 0 amide bonds. The van der Waals surface area contributed by atoms with Crippen LogP contribution in [0, 0.1) is 12.8 Å². The number of rotatable bonds is 3. The monoisotopic (exact) mass is 206 g/mol. The van der Waals surface area contributed by atoms with Gasteiger partial charge >= 0.3 is 0 Å². The molecule has 2 unspecified atom stereocenters. The van der Waals surface area contributed by atoms with E-state index in [0.29, 0.717) is 11.9 Å². The number of nitrogens with one attached hydrogen (secondary N) is 1. The standard InChI is InChI=1S/C11H18N4/c1-4-9-14-10(12)7(3)11(15-9)13-8-5-6(8)2/h6,8H,4-5H2,1-3H3,(H3,12,13,14,15). The summed E-state index contributed by atoms with van der Waals surface area (Å²) in [7, 11) is 0. The second-order valence-corrected chi connectivity index (χ2v) is 4.32.